The number of hydrogen-bond donors (Lipinski definition) is 1. The van der Waals surface area contributed by atoms with E-state index in [9.17, 15) is 14.4 Å². The second-order valence-corrected chi connectivity index (χ2v) is 4.62. The zero-order valence-electron chi connectivity index (χ0n) is 10.4. The number of aromatic nitrogens is 1. The van der Waals surface area contributed by atoms with Gasteiger partial charge in [-0.1, -0.05) is 5.16 Å². The van der Waals surface area contributed by atoms with Crippen molar-refractivity contribution in [1.29, 1.82) is 5.26 Å². The van der Waals surface area contributed by atoms with Gasteiger partial charge < -0.3 is 4.52 Å². The Hall–Kier alpha value is -2.68. The molecule has 0 aliphatic heterocycles. The van der Waals surface area contributed by atoms with Gasteiger partial charge in [0.25, 0.3) is 0 Å². The molecule has 1 N–H and O–H groups in total. The SMILES string of the molecule is N#Cc1c(-c2ccc(F)cc2)noc1NC(=O)C1CC1. The minimum Gasteiger partial charge on any atom is -0.336 e. The van der Waals surface area contributed by atoms with Gasteiger partial charge in [-0.05, 0) is 37.1 Å². The Bertz CT molecular complexity index is 696. The number of nitriles is 1. The van der Waals surface area contributed by atoms with Crippen LogP contribution in [0.4, 0.5) is 10.3 Å². The zero-order chi connectivity index (χ0) is 14.1. The van der Waals surface area contributed by atoms with Gasteiger partial charge in [0.15, 0.2) is 0 Å². The van der Waals surface area contributed by atoms with Crippen LogP contribution in [0.1, 0.15) is 18.4 Å². The summed E-state index contributed by atoms with van der Waals surface area (Å²) in [6.07, 6.45) is 1.71. The Labute approximate surface area is 114 Å². The number of anilines is 1. The molecule has 1 heterocycles. The highest BCUT2D eigenvalue weighted by molar-refractivity contribution is 5.94. The van der Waals surface area contributed by atoms with Gasteiger partial charge in [-0.3, -0.25) is 10.1 Å². The first-order chi connectivity index (χ1) is 9.69. The molecule has 5 nitrogen and oxygen atoms in total. The van der Waals surface area contributed by atoms with Gasteiger partial charge >= 0.3 is 0 Å². The molecule has 0 unspecified atom stereocenters. The average molecular weight is 271 g/mol. The van der Waals surface area contributed by atoms with Gasteiger partial charge in [0.05, 0.1) is 0 Å². The van der Waals surface area contributed by atoms with Crippen molar-refractivity contribution in [3.05, 3.63) is 35.6 Å². The number of amides is 1. The topological polar surface area (TPSA) is 78.9 Å². The van der Waals surface area contributed by atoms with E-state index in [0.29, 0.717) is 11.3 Å². The largest absolute Gasteiger partial charge is 0.336 e. The Balaban J connectivity index is 1.92. The molecule has 1 aliphatic carbocycles. The summed E-state index contributed by atoms with van der Waals surface area (Å²) in [7, 11) is 0. The molecule has 0 saturated heterocycles. The number of hydrogen-bond acceptors (Lipinski definition) is 4. The fraction of sp³-hybridized carbons (Fsp3) is 0.214. The third-order valence-corrected chi connectivity index (χ3v) is 3.11. The third kappa shape index (κ3) is 2.26. The molecule has 3 rings (SSSR count). The number of nitrogens with one attached hydrogen (secondary N) is 1. The smallest absolute Gasteiger partial charge is 0.249 e. The molecule has 1 fully saturated rings. The summed E-state index contributed by atoms with van der Waals surface area (Å²) in [5.74, 6) is -0.494. The molecule has 20 heavy (non-hydrogen) atoms. The maximum Gasteiger partial charge on any atom is 0.249 e. The monoisotopic (exact) mass is 271 g/mol. The van der Waals surface area contributed by atoms with Gasteiger partial charge in [0.1, 0.15) is 23.1 Å². The normalized spacial score (nSPS) is 13.8. The summed E-state index contributed by atoms with van der Waals surface area (Å²) in [5, 5.41) is 15.5. The molecule has 0 atom stereocenters. The average Bonchev–Trinajstić information content (AvgIpc) is 3.22. The van der Waals surface area contributed by atoms with Crippen molar-refractivity contribution in [2.75, 3.05) is 5.32 Å². The summed E-state index contributed by atoms with van der Waals surface area (Å²) in [5.41, 5.74) is 0.989. The van der Waals surface area contributed by atoms with Crippen LogP contribution in [-0.4, -0.2) is 11.1 Å². The number of halogens is 1. The molecule has 1 saturated carbocycles. The van der Waals surface area contributed by atoms with E-state index in [0.717, 1.165) is 12.8 Å². The highest BCUT2D eigenvalue weighted by atomic mass is 19.1. The highest BCUT2D eigenvalue weighted by Crippen LogP contribution is 2.32. The number of benzene rings is 1. The van der Waals surface area contributed by atoms with Crippen molar-refractivity contribution in [3.63, 3.8) is 0 Å². The van der Waals surface area contributed by atoms with E-state index in [2.05, 4.69) is 10.5 Å². The van der Waals surface area contributed by atoms with Crippen molar-refractivity contribution < 1.29 is 13.7 Å². The Kier molecular flexibility index (Phi) is 2.95. The van der Waals surface area contributed by atoms with Crippen molar-refractivity contribution in [1.82, 2.24) is 5.16 Å². The van der Waals surface area contributed by atoms with Crippen LogP contribution in [0.2, 0.25) is 0 Å². The van der Waals surface area contributed by atoms with Crippen molar-refractivity contribution in [2.24, 2.45) is 5.92 Å². The summed E-state index contributed by atoms with van der Waals surface area (Å²) in [6, 6.07) is 7.50. The fourth-order valence-corrected chi connectivity index (χ4v) is 1.84. The number of carbonyl (C=O) groups excluding carboxylic acids is 1. The van der Waals surface area contributed by atoms with Crippen LogP contribution in [0, 0.1) is 23.1 Å². The van der Waals surface area contributed by atoms with Crippen LogP contribution in [0.15, 0.2) is 28.8 Å². The lowest BCUT2D eigenvalue weighted by molar-refractivity contribution is -0.117. The molecule has 0 bridgehead atoms. The van der Waals surface area contributed by atoms with E-state index in [4.69, 9.17) is 4.52 Å². The molecule has 0 spiro atoms. The van der Waals surface area contributed by atoms with Crippen LogP contribution < -0.4 is 5.32 Å². The van der Waals surface area contributed by atoms with Crippen LogP contribution in [0.3, 0.4) is 0 Å². The third-order valence-electron chi connectivity index (χ3n) is 3.11. The van der Waals surface area contributed by atoms with Crippen LogP contribution >= 0.6 is 0 Å². The van der Waals surface area contributed by atoms with Gasteiger partial charge in [-0.25, -0.2) is 4.39 Å². The van der Waals surface area contributed by atoms with Gasteiger partial charge in [-0.15, -0.1) is 0 Å². The molecule has 1 amide bonds. The van der Waals surface area contributed by atoms with E-state index in [1.165, 1.54) is 24.3 Å². The maximum absolute atomic E-state index is 12.9. The van der Waals surface area contributed by atoms with Crippen LogP contribution in [-0.2, 0) is 4.79 Å². The van der Waals surface area contributed by atoms with Crippen molar-refractivity contribution in [2.45, 2.75) is 12.8 Å². The molecule has 1 aliphatic rings. The second-order valence-electron chi connectivity index (χ2n) is 4.62. The molecular weight excluding hydrogens is 261 g/mol. The van der Waals surface area contributed by atoms with E-state index in [-0.39, 0.29) is 29.1 Å². The zero-order valence-corrected chi connectivity index (χ0v) is 10.4. The number of carbonyl (C=O) groups is 1. The lowest BCUT2D eigenvalue weighted by atomic mass is 10.1. The minimum atomic E-state index is -0.377. The Morgan fingerprint density at radius 2 is 2.10 bits per heavy atom. The summed E-state index contributed by atoms with van der Waals surface area (Å²) < 4.78 is 17.9. The molecular formula is C14H10FN3O2. The first-order valence-electron chi connectivity index (χ1n) is 6.15. The second kappa shape index (κ2) is 4.78. The maximum atomic E-state index is 12.9. The van der Waals surface area contributed by atoms with Crippen LogP contribution in [0.5, 0.6) is 0 Å². The Morgan fingerprint density at radius 1 is 1.40 bits per heavy atom. The van der Waals surface area contributed by atoms with E-state index < -0.39 is 0 Å². The molecule has 1 aromatic heterocycles. The molecule has 6 heteroatoms. The summed E-state index contributed by atoms with van der Waals surface area (Å²) >= 11 is 0. The molecule has 0 radical (unpaired) electrons. The van der Waals surface area contributed by atoms with Gasteiger partial charge in [0.2, 0.25) is 11.8 Å². The minimum absolute atomic E-state index is 0.000846. The first-order valence-corrected chi connectivity index (χ1v) is 6.15. The first kappa shape index (κ1) is 12.4. The van der Waals surface area contributed by atoms with Crippen LogP contribution in [0.25, 0.3) is 11.3 Å². The summed E-state index contributed by atoms with van der Waals surface area (Å²) in [4.78, 5) is 11.7. The quantitative estimate of drug-likeness (QED) is 0.930. The Morgan fingerprint density at radius 3 is 2.70 bits per heavy atom. The molecule has 2 aromatic rings. The van der Waals surface area contributed by atoms with E-state index in [1.54, 1.807) is 0 Å². The molecule has 1 aromatic carbocycles. The molecule has 100 valence electrons. The lowest BCUT2D eigenvalue weighted by Gasteiger charge is -1.99. The van der Waals surface area contributed by atoms with Crippen molar-refractivity contribution in [3.8, 4) is 17.3 Å². The lowest BCUT2D eigenvalue weighted by Crippen LogP contribution is -2.13. The fourth-order valence-electron chi connectivity index (χ4n) is 1.84. The van der Waals surface area contributed by atoms with Crippen molar-refractivity contribution >= 4 is 11.8 Å². The van der Waals surface area contributed by atoms with Gasteiger partial charge in [0, 0.05) is 11.5 Å². The highest BCUT2D eigenvalue weighted by Gasteiger charge is 2.31. The number of rotatable bonds is 3. The van der Waals surface area contributed by atoms with E-state index >= 15 is 0 Å². The van der Waals surface area contributed by atoms with E-state index in [1.807, 2.05) is 6.07 Å². The predicted octanol–water partition coefficient (Wildman–Crippen LogP) is 2.70. The standard InChI is InChI=1S/C14H10FN3O2/c15-10-5-3-8(4-6-10)12-11(7-16)14(20-18-12)17-13(19)9-1-2-9/h3-6,9H,1-2H2,(H,17,19). The summed E-state index contributed by atoms with van der Waals surface area (Å²) in [6.45, 7) is 0. The predicted molar refractivity (Wildman–Crippen MR) is 68.0 cm³/mol. The number of nitrogens with zero attached hydrogens (tertiary/aromatic N) is 2. The van der Waals surface area contributed by atoms with Gasteiger partial charge in [-0.2, -0.15) is 5.26 Å².